The average molecular weight is 214 g/mol. The summed E-state index contributed by atoms with van der Waals surface area (Å²) in [4.78, 5) is 5.01. The van der Waals surface area contributed by atoms with E-state index in [1.54, 1.807) is 0 Å². The van der Waals surface area contributed by atoms with Crippen molar-refractivity contribution in [1.29, 1.82) is 0 Å². The van der Waals surface area contributed by atoms with Gasteiger partial charge in [0.05, 0.1) is 6.10 Å². The Balaban J connectivity index is 0.000000531. The first-order chi connectivity index (χ1) is 7.29. The van der Waals surface area contributed by atoms with Crippen LogP contribution in [0, 0.1) is 0 Å². The fourth-order valence-electron chi connectivity index (χ4n) is 2.28. The topological polar surface area (TPSA) is 26.7 Å². The minimum atomic E-state index is -0.0291. The Morgan fingerprint density at radius 3 is 2.13 bits per heavy atom. The summed E-state index contributed by atoms with van der Waals surface area (Å²) in [5.41, 5.74) is 0. The molecular formula is C12H26N2O. The predicted molar refractivity (Wildman–Crippen MR) is 64.1 cm³/mol. The fourth-order valence-corrected chi connectivity index (χ4v) is 2.28. The van der Waals surface area contributed by atoms with E-state index < -0.39 is 0 Å². The Labute approximate surface area is 94.1 Å². The number of nitrogens with zero attached hydrogens (tertiary/aromatic N) is 2. The first kappa shape index (κ1) is 12.9. The summed E-state index contributed by atoms with van der Waals surface area (Å²) in [6.45, 7) is 12.1. The lowest BCUT2D eigenvalue weighted by atomic mass is 10.0. The van der Waals surface area contributed by atoms with Crippen LogP contribution in [0.5, 0.6) is 0 Å². The molecule has 2 heterocycles. The van der Waals surface area contributed by atoms with Crippen LogP contribution in [0.4, 0.5) is 0 Å². The first-order valence-corrected chi connectivity index (χ1v) is 6.44. The molecular weight excluding hydrogens is 188 g/mol. The molecule has 3 heteroatoms. The molecule has 0 amide bonds. The Kier molecular flexibility index (Phi) is 5.58. The minimum Gasteiger partial charge on any atom is -0.393 e. The molecule has 0 aromatic carbocycles. The van der Waals surface area contributed by atoms with Gasteiger partial charge in [-0.05, 0) is 19.4 Å². The van der Waals surface area contributed by atoms with Gasteiger partial charge in [0.15, 0.2) is 0 Å². The van der Waals surface area contributed by atoms with Gasteiger partial charge >= 0.3 is 0 Å². The Hall–Kier alpha value is -0.120. The highest BCUT2D eigenvalue weighted by Gasteiger charge is 2.32. The molecule has 2 fully saturated rings. The summed E-state index contributed by atoms with van der Waals surface area (Å²) < 4.78 is 0. The summed E-state index contributed by atoms with van der Waals surface area (Å²) in [5, 5.41) is 9.36. The number of hydrogen-bond acceptors (Lipinski definition) is 3. The molecule has 3 nitrogen and oxygen atoms in total. The maximum atomic E-state index is 9.36. The van der Waals surface area contributed by atoms with Crippen LogP contribution in [0.3, 0.4) is 0 Å². The molecule has 2 saturated heterocycles. The third-order valence-electron chi connectivity index (χ3n) is 3.40. The maximum absolute atomic E-state index is 9.36. The van der Waals surface area contributed by atoms with Gasteiger partial charge in [0.2, 0.25) is 0 Å². The van der Waals surface area contributed by atoms with E-state index in [9.17, 15) is 5.11 Å². The normalized spacial score (nSPS) is 25.6. The molecule has 0 aromatic heterocycles. The molecule has 0 bridgehead atoms. The van der Waals surface area contributed by atoms with Crippen LogP contribution < -0.4 is 0 Å². The van der Waals surface area contributed by atoms with Gasteiger partial charge in [0.25, 0.3) is 0 Å². The standard InChI is InChI=1S/C10H20N2O.C2H6/c1-2-11-7-9(8-11)12-5-3-10(13)4-6-12;1-2/h9-10,13H,2-8H2,1H3;1-2H3. The molecule has 0 atom stereocenters. The zero-order valence-corrected chi connectivity index (χ0v) is 10.4. The van der Waals surface area contributed by atoms with Crippen molar-refractivity contribution in [1.82, 2.24) is 9.80 Å². The second-order valence-corrected chi connectivity index (χ2v) is 4.27. The quantitative estimate of drug-likeness (QED) is 0.747. The molecule has 1 N–H and O–H groups in total. The van der Waals surface area contributed by atoms with Crippen molar-refractivity contribution >= 4 is 0 Å². The lowest BCUT2D eigenvalue weighted by Crippen LogP contribution is -2.60. The largest absolute Gasteiger partial charge is 0.393 e. The molecule has 2 aliphatic rings. The summed E-state index contributed by atoms with van der Waals surface area (Å²) in [5.74, 6) is 0. The summed E-state index contributed by atoms with van der Waals surface area (Å²) in [6.07, 6.45) is 1.92. The van der Waals surface area contributed by atoms with Crippen LogP contribution in [0.15, 0.2) is 0 Å². The van der Waals surface area contributed by atoms with Crippen molar-refractivity contribution in [2.45, 2.75) is 45.8 Å². The van der Waals surface area contributed by atoms with Crippen LogP contribution in [0.1, 0.15) is 33.6 Å². The van der Waals surface area contributed by atoms with Gasteiger partial charge in [-0.2, -0.15) is 0 Å². The SMILES string of the molecule is CC.CCN1CC(N2CCC(O)CC2)C1. The van der Waals surface area contributed by atoms with Crippen molar-refractivity contribution in [3.05, 3.63) is 0 Å². The molecule has 15 heavy (non-hydrogen) atoms. The van der Waals surface area contributed by atoms with Gasteiger partial charge in [-0.1, -0.05) is 20.8 Å². The fraction of sp³-hybridized carbons (Fsp3) is 1.00. The lowest BCUT2D eigenvalue weighted by Gasteiger charge is -2.47. The molecule has 2 rings (SSSR count). The highest BCUT2D eigenvalue weighted by Crippen LogP contribution is 2.19. The maximum Gasteiger partial charge on any atom is 0.0564 e. The van der Waals surface area contributed by atoms with Crippen LogP contribution >= 0.6 is 0 Å². The molecule has 0 radical (unpaired) electrons. The smallest absolute Gasteiger partial charge is 0.0564 e. The number of rotatable bonds is 2. The molecule has 0 saturated carbocycles. The molecule has 0 spiro atoms. The van der Waals surface area contributed by atoms with Crippen LogP contribution in [0.2, 0.25) is 0 Å². The number of aliphatic hydroxyl groups is 1. The van der Waals surface area contributed by atoms with Gasteiger partial charge in [-0.3, -0.25) is 4.90 Å². The van der Waals surface area contributed by atoms with Crippen molar-refractivity contribution in [2.75, 3.05) is 32.7 Å². The van der Waals surface area contributed by atoms with Crippen LogP contribution in [-0.2, 0) is 0 Å². The second-order valence-electron chi connectivity index (χ2n) is 4.27. The van der Waals surface area contributed by atoms with Crippen molar-refractivity contribution in [2.24, 2.45) is 0 Å². The van der Waals surface area contributed by atoms with Gasteiger partial charge in [0.1, 0.15) is 0 Å². The molecule has 2 aliphatic heterocycles. The Bertz CT molecular complexity index is 161. The molecule has 90 valence electrons. The predicted octanol–water partition coefficient (Wildman–Crippen LogP) is 1.17. The van der Waals surface area contributed by atoms with Crippen LogP contribution in [0.25, 0.3) is 0 Å². The molecule has 0 aromatic rings. The Morgan fingerprint density at radius 2 is 1.67 bits per heavy atom. The van der Waals surface area contributed by atoms with E-state index in [4.69, 9.17) is 0 Å². The van der Waals surface area contributed by atoms with Crippen molar-refractivity contribution in [3.8, 4) is 0 Å². The van der Waals surface area contributed by atoms with Crippen molar-refractivity contribution < 1.29 is 5.11 Å². The third kappa shape index (κ3) is 3.44. The number of aliphatic hydroxyl groups excluding tert-OH is 1. The van der Waals surface area contributed by atoms with E-state index in [-0.39, 0.29) is 6.10 Å². The van der Waals surface area contributed by atoms with E-state index >= 15 is 0 Å². The molecule has 0 unspecified atom stereocenters. The molecule has 0 aliphatic carbocycles. The number of likely N-dealkylation sites (tertiary alicyclic amines) is 2. The van der Waals surface area contributed by atoms with E-state index in [1.165, 1.54) is 19.6 Å². The monoisotopic (exact) mass is 214 g/mol. The Morgan fingerprint density at radius 1 is 1.13 bits per heavy atom. The number of likely N-dealkylation sites (N-methyl/N-ethyl adjacent to an activating group) is 1. The average Bonchev–Trinajstić information content (AvgIpc) is 2.22. The zero-order valence-electron chi connectivity index (χ0n) is 10.4. The van der Waals surface area contributed by atoms with Crippen molar-refractivity contribution in [3.63, 3.8) is 0 Å². The lowest BCUT2D eigenvalue weighted by molar-refractivity contribution is -0.00211. The highest BCUT2D eigenvalue weighted by atomic mass is 16.3. The van der Waals surface area contributed by atoms with Gasteiger partial charge in [0, 0.05) is 32.2 Å². The third-order valence-corrected chi connectivity index (χ3v) is 3.40. The van der Waals surface area contributed by atoms with Crippen LogP contribution in [-0.4, -0.2) is 59.8 Å². The highest BCUT2D eigenvalue weighted by molar-refractivity contribution is 4.89. The first-order valence-electron chi connectivity index (χ1n) is 6.44. The minimum absolute atomic E-state index is 0.0291. The van der Waals surface area contributed by atoms with E-state index in [0.29, 0.717) is 0 Å². The summed E-state index contributed by atoms with van der Waals surface area (Å²) in [6, 6.07) is 0.785. The van der Waals surface area contributed by atoms with E-state index in [2.05, 4.69) is 16.7 Å². The number of piperidine rings is 1. The summed E-state index contributed by atoms with van der Waals surface area (Å²) in [7, 11) is 0. The van der Waals surface area contributed by atoms with E-state index in [1.807, 2.05) is 13.8 Å². The van der Waals surface area contributed by atoms with Gasteiger partial charge in [-0.15, -0.1) is 0 Å². The number of hydrogen-bond donors (Lipinski definition) is 1. The van der Waals surface area contributed by atoms with Gasteiger partial charge < -0.3 is 10.0 Å². The van der Waals surface area contributed by atoms with Gasteiger partial charge in [-0.25, -0.2) is 0 Å². The second kappa shape index (κ2) is 6.46. The van der Waals surface area contributed by atoms with E-state index in [0.717, 1.165) is 32.0 Å². The zero-order chi connectivity index (χ0) is 11.3. The summed E-state index contributed by atoms with van der Waals surface area (Å²) >= 11 is 0.